The van der Waals surface area contributed by atoms with E-state index in [1.807, 2.05) is 0 Å². The molecule has 14 heavy (non-hydrogen) atoms. The van der Waals surface area contributed by atoms with Gasteiger partial charge in [0.05, 0.1) is 6.61 Å². The van der Waals surface area contributed by atoms with Crippen molar-refractivity contribution in [2.45, 2.75) is 6.92 Å². The molecule has 78 valence electrons. The van der Waals surface area contributed by atoms with Crippen molar-refractivity contribution in [3.05, 3.63) is 22.3 Å². The van der Waals surface area contributed by atoms with Crippen molar-refractivity contribution < 1.29 is 9.53 Å². The highest BCUT2D eigenvalue weighted by Gasteiger charge is 2.11. The molecule has 0 aliphatic rings. The van der Waals surface area contributed by atoms with Crippen LogP contribution in [0.4, 0.5) is 5.82 Å². The molecule has 1 heterocycles. The van der Waals surface area contributed by atoms with Crippen LogP contribution in [-0.2, 0) is 4.74 Å². The summed E-state index contributed by atoms with van der Waals surface area (Å²) in [7, 11) is 0. The largest absolute Gasteiger partial charge is 0.462 e. The van der Waals surface area contributed by atoms with Crippen molar-refractivity contribution in [1.29, 1.82) is 0 Å². The van der Waals surface area contributed by atoms with E-state index in [9.17, 15) is 4.79 Å². The van der Waals surface area contributed by atoms with E-state index in [1.165, 1.54) is 6.20 Å². The van der Waals surface area contributed by atoms with Crippen molar-refractivity contribution in [2.75, 3.05) is 12.3 Å². The molecule has 1 rings (SSSR count). The van der Waals surface area contributed by atoms with Crippen LogP contribution in [0.5, 0.6) is 0 Å². The van der Waals surface area contributed by atoms with Gasteiger partial charge in [0.25, 0.3) is 0 Å². The van der Waals surface area contributed by atoms with Gasteiger partial charge in [-0.1, -0.05) is 0 Å². The molecule has 0 unspecified atom stereocenters. The number of nitrogens with two attached hydrogens (primary N) is 1. The predicted molar refractivity (Wildman–Crippen MR) is 62.6 cm³/mol. The third-order valence-electron chi connectivity index (χ3n) is 1.38. The second kappa shape index (κ2) is 5.98. The maximum atomic E-state index is 11.3. The van der Waals surface area contributed by atoms with Crippen LogP contribution >= 0.6 is 32.9 Å². The van der Waals surface area contributed by atoms with Gasteiger partial charge in [0, 0.05) is 10.7 Å². The summed E-state index contributed by atoms with van der Waals surface area (Å²) in [5, 5.41) is 0. The Morgan fingerprint density at radius 1 is 1.71 bits per heavy atom. The fourth-order valence-corrected chi connectivity index (χ4v) is 1.15. The zero-order valence-corrected chi connectivity index (χ0v) is 10.8. The number of hydrogen-bond acceptors (Lipinski definition) is 4. The summed E-state index contributed by atoms with van der Waals surface area (Å²) in [6.45, 7) is 2.06. The minimum absolute atomic E-state index is 0. The van der Waals surface area contributed by atoms with Crippen LogP contribution in [0.2, 0.25) is 0 Å². The molecule has 1 aromatic heterocycles. The molecule has 0 saturated carbocycles. The molecule has 0 aliphatic heterocycles. The number of halogens is 2. The molecule has 0 aliphatic carbocycles. The Morgan fingerprint density at radius 2 is 2.36 bits per heavy atom. The van der Waals surface area contributed by atoms with E-state index in [4.69, 9.17) is 10.5 Å². The van der Waals surface area contributed by atoms with E-state index in [0.717, 1.165) is 0 Å². The number of carbonyl (C=O) groups excluding carboxylic acids is 1. The first-order valence-corrected chi connectivity index (χ1v) is 4.52. The van der Waals surface area contributed by atoms with Crippen molar-refractivity contribution in [2.24, 2.45) is 0 Å². The van der Waals surface area contributed by atoms with Crippen LogP contribution in [0.3, 0.4) is 0 Å². The van der Waals surface area contributed by atoms with Crippen molar-refractivity contribution >= 4 is 44.7 Å². The Labute approximate surface area is 101 Å². The van der Waals surface area contributed by atoms with E-state index < -0.39 is 5.97 Å². The highest BCUT2D eigenvalue weighted by Crippen LogP contribution is 2.16. The van der Waals surface area contributed by atoms with Gasteiger partial charge in [0.2, 0.25) is 0 Å². The van der Waals surface area contributed by atoms with Crippen molar-refractivity contribution in [1.82, 2.24) is 4.98 Å². The first kappa shape index (κ1) is 13.4. The number of pyridine rings is 1. The summed E-state index contributed by atoms with van der Waals surface area (Å²) >= 11 is 3.19. The van der Waals surface area contributed by atoms with Gasteiger partial charge in [-0.25, -0.2) is 9.78 Å². The first-order chi connectivity index (χ1) is 6.15. The third-order valence-corrected chi connectivity index (χ3v) is 1.81. The number of ether oxygens (including phenoxy) is 1. The molecule has 2 N–H and O–H groups in total. The quantitative estimate of drug-likeness (QED) is 0.846. The molecule has 0 spiro atoms. The molecule has 0 bridgehead atoms. The van der Waals surface area contributed by atoms with Crippen LogP contribution in [0.1, 0.15) is 17.3 Å². The monoisotopic (exact) mass is 324 g/mol. The lowest BCUT2D eigenvalue weighted by Crippen LogP contribution is -2.09. The summed E-state index contributed by atoms with van der Waals surface area (Å²) in [5.74, 6) is -0.268. The van der Waals surface area contributed by atoms with Crippen LogP contribution in [-0.4, -0.2) is 17.6 Å². The highest BCUT2D eigenvalue weighted by molar-refractivity contribution is 9.10. The number of nitrogen functional groups attached to an aromatic ring is 1. The molecule has 0 aromatic carbocycles. The van der Waals surface area contributed by atoms with Crippen LogP contribution < -0.4 is 5.73 Å². The van der Waals surface area contributed by atoms with E-state index >= 15 is 0 Å². The number of nitrogens with zero attached hydrogens (tertiary/aromatic N) is 1. The number of anilines is 1. The van der Waals surface area contributed by atoms with Crippen LogP contribution in [0.15, 0.2) is 16.7 Å². The fraction of sp³-hybridized carbons (Fsp3) is 0.250. The summed E-state index contributed by atoms with van der Waals surface area (Å²) in [5.41, 5.74) is 5.78. The maximum absolute atomic E-state index is 11.3. The SMILES string of the molecule is Br.CCOC(=O)c1cc(Br)cnc1N. The fourth-order valence-electron chi connectivity index (χ4n) is 0.822. The van der Waals surface area contributed by atoms with Gasteiger partial charge in [-0.05, 0) is 28.9 Å². The number of hydrogen-bond donors (Lipinski definition) is 1. The first-order valence-electron chi connectivity index (χ1n) is 3.73. The molecular weight excluding hydrogens is 316 g/mol. The molecule has 0 radical (unpaired) electrons. The molecule has 0 amide bonds. The van der Waals surface area contributed by atoms with Gasteiger partial charge in [0.15, 0.2) is 0 Å². The standard InChI is InChI=1S/C8H9BrN2O2.BrH/c1-2-13-8(12)6-3-5(9)4-11-7(6)10;/h3-4H,2H2,1H3,(H2,10,11);1H. The topological polar surface area (TPSA) is 65.2 Å². The molecule has 0 atom stereocenters. The van der Waals surface area contributed by atoms with E-state index in [0.29, 0.717) is 11.1 Å². The summed E-state index contributed by atoms with van der Waals surface area (Å²) in [6.07, 6.45) is 1.53. The number of aromatic nitrogens is 1. The Morgan fingerprint density at radius 3 is 2.93 bits per heavy atom. The van der Waals surface area contributed by atoms with E-state index in [-0.39, 0.29) is 28.4 Å². The summed E-state index contributed by atoms with van der Waals surface area (Å²) < 4.78 is 5.48. The average Bonchev–Trinajstić information content (AvgIpc) is 2.09. The Bertz CT molecular complexity index is 331. The lowest BCUT2D eigenvalue weighted by Gasteiger charge is -2.03. The molecular formula is C8H10Br2N2O2. The van der Waals surface area contributed by atoms with Gasteiger partial charge in [0.1, 0.15) is 11.4 Å². The van der Waals surface area contributed by atoms with Gasteiger partial charge in [-0.2, -0.15) is 0 Å². The number of rotatable bonds is 2. The minimum Gasteiger partial charge on any atom is -0.462 e. The zero-order valence-electron chi connectivity index (χ0n) is 7.49. The average molecular weight is 326 g/mol. The zero-order chi connectivity index (χ0) is 9.84. The van der Waals surface area contributed by atoms with E-state index in [2.05, 4.69) is 20.9 Å². The molecule has 6 heteroatoms. The van der Waals surface area contributed by atoms with Crippen molar-refractivity contribution in [3.63, 3.8) is 0 Å². The molecule has 0 saturated heterocycles. The lowest BCUT2D eigenvalue weighted by atomic mass is 10.2. The van der Waals surface area contributed by atoms with Gasteiger partial charge >= 0.3 is 5.97 Å². The van der Waals surface area contributed by atoms with E-state index in [1.54, 1.807) is 13.0 Å². The Balaban J connectivity index is 0.00000169. The lowest BCUT2D eigenvalue weighted by molar-refractivity contribution is 0.0527. The summed E-state index contributed by atoms with van der Waals surface area (Å²) in [6, 6.07) is 1.58. The third kappa shape index (κ3) is 3.26. The second-order valence-electron chi connectivity index (χ2n) is 2.31. The van der Waals surface area contributed by atoms with Gasteiger partial charge < -0.3 is 10.5 Å². The van der Waals surface area contributed by atoms with Gasteiger partial charge in [-0.15, -0.1) is 17.0 Å². The normalized spacial score (nSPS) is 9.00. The van der Waals surface area contributed by atoms with Crippen molar-refractivity contribution in [3.8, 4) is 0 Å². The minimum atomic E-state index is -0.450. The van der Waals surface area contributed by atoms with Gasteiger partial charge in [-0.3, -0.25) is 0 Å². The Hall–Kier alpha value is -0.620. The number of esters is 1. The molecule has 0 fully saturated rings. The maximum Gasteiger partial charge on any atom is 0.341 e. The van der Waals surface area contributed by atoms with Crippen LogP contribution in [0, 0.1) is 0 Å². The smallest absolute Gasteiger partial charge is 0.341 e. The molecule has 4 nitrogen and oxygen atoms in total. The van der Waals surface area contributed by atoms with Crippen LogP contribution in [0.25, 0.3) is 0 Å². The highest BCUT2D eigenvalue weighted by atomic mass is 79.9. The number of carbonyl (C=O) groups is 1. The molecule has 1 aromatic rings. The Kier molecular flexibility index (Phi) is 5.71. The summed E-state index contributed by atoms with van der Waals surface area (Å²) in [4.78, 5) is 15.1. The predicted octanol–water partition coefficient (Wildman–Crippen LogP) is 2.18. The second-order valence-corrected chi connectivity index (χ2v) is 3.22.